The summed E-state index contributed by atoms with van der Waals surface area (Å²) in [7, 11) is 1.74. The standard InChI is InChI=1S/C20H17NO3/c1-21-11-15-18-14(10-16(22)19(15)20(21)23)8-5-9-17(18)24-12-13-6-3-2-4-7-13/h2-10,22H,11-12H2,1H3. The van der Waals surface area contributed by atoms with E-state index in [0.717, 1.165) is 27.6 Å². The Balaban J connectivity index is 1.81. The highest BCUT2D eigenvalue weighted by Gasteiger charge is 2.30. The van der Waals surface area contributed by atoms with Crippen molar-refractivity contribution in [2.45, 2.75) is 13.2 Å². The van der Waals surface area contributed by atoms with Crippen LogP contribution in [0.3, 0.4) is 0 Å². The van der Waals surface area contributed by atoms with E-state index >= 15 is 0 Å². The van der Waals surface area contributed by atoms with Gasteiger partial charge in [-0.15, -0.1) is 0 Å². The topological polar surface area (TPSA) is 49.8 Å². The van der Waals surface area contributed by atoms with Gasteiger partial charge in [0.2, 0.25) is 0 Å². The third kappa shape index (κ3) is 2.27. The Bertz CT molecular complexity index is 935. The molecule has 4 rings (SSSR count). The number of benzene rings is 3. The molecular weight excluding hydrogens is 302 g/mol. The monoisotopic (exact) mass is 319 g/mol. The predicted molar refractivity (Wildman–Crippen MR) is 92.2 cm³/mol. The number of carbonyl (C=O) groups excluding carboxylic acids is 1. The number of nitrogens with zero attached hydrogens (tertiary/aromatic N) is 1. The van der Waals surface area contributed by atoms with E-state index in [9.17, 15) is 9.90 Å². The number of aromatic hydroxyl groups is 1. The Hall–Kier alpha value is -3.01. The van der Waals surface area contributed by atoms with Gasteiger partial charge in [0.15, 0.2) is 0 Å². The Morgan fingerprint density at radius 1 is 1.12 bits per heavy atom. The number of ether oxygens (including phenoxy) is 1. The molecule has 0 spiro atoms. The minimum Gasteiger partial charge on any atom is -0.507 e. The van der Waals surface area contributed by atoms with E-state index in [0.29, 0.717) is 18.7 Å². The molecule has 0 bridgehead atoms. The van der Waals surface area contributed by atoms with E-state index in [1.807, 2.05) is 48.5 Å². The summed E-state index contributed by atoms with van der Waals surface area (Å²) < 4.78 is 6.03. The van der Waals surface area contributed by atoms with Crippen molar-refractivity contribution in [3.63, 3.8) is 0 Å². The van der Waals surface area contributed by atoms with Gasteiger partial charge in [0.25, 0.3) is 5.91 Å². The van der Waals surface area contributed by atoms with Gasteiger partial charge < -0.3 is 14.7 Å². The molecule has 0 saturated heterocycles. The number of hydrogen-bond donors (Lipinski definition) is 1. The quantitative estimate of drug-likeness (QED) is 0.800. The molecule has 4 heteroatoms. The van der Waals surface area contributed by atoms with E-state index in [2.05, 4.69) is 0 Å². The van der Waals surface area contributed by atoms with Crippen molar-refractivity contribution in [1.29, 1.82) is 0 Å². The molecule has 3 aromatic rings. The lowest BCUT2D eigenvalue weighted by Crippen LogP contribution is -2.17. The van der Waals surface area contributed by atoms with Gasteiger partial charge in [0.05, 0.1) is 5.56 Å². The molecule has 1 amide bonds. The average molecular weight is 319 g/mol. The van der Waals surface area contributed by atoms with E-state index < -0.39 is 0 Å². The van der Waals surface area contributed by atoms with Crippen LogP contribution in [0.25, 0.3) is 10.8 Å². The van der Waals surface area contributed by atoms with E-state index in [-0.39, 0.29) is 11.7 Å². The van der Waals surface area contributed by atoms with Gasteiger partial charge in [-0.3, -0.25) is 4.79 Å². The largest absolute Gasteiger partial charge is 0.507 e. The van der Waals surface area contributed by atoms with Crippen LogP contribution in [0.15, 0.2) is 54.6 Å². The second-order valence-corrected chi connectivity index (χ2v) is 6.04. The van der Waals surface area contributed by atoms with Crippen LogP contribution < -0.4 is 4.74 Å². The molecule has 1 aliphatic heterocycles. The molecule has 0 saturated carbocycles. The molecular formula is C20H17NO3. The van der Waals surface area contributed by atoms with Gasteiger partial charge in [-0.05, 0) is 28.6 Å². The van der Waals surface area contributed by atoms with E-state index in [4.69, 9.17) is 4.74 Å². The van der Waals surface area contributed by atoms with Crippen molar-refractivity contribution in [3.05, 3.63) is 71.3 Å². The maximum absolute atomic E-state index is 12.3. The molecule has 0 aliphatic carbocycles. The summed E-state index contributed by atoms with van der Waals surface area (Å²) in [6.07, 6.45) is 0. The normalized spacial score (nSPS) is 13.4. The lowest BCUT2D eigenvalue weighted by Gasteiger charge is -2.13. The van der Waals surface area contributed by atoms with Gasteiger partial charge in [-0.1, -0.05) is 42.5 Å². The van der Waals surface area contributed by atoms with Crippen molar-refractivity contribution in [1.82, 2.24) is 4.90 Å². The molecule has 1 aliphatic rings. The highest BCUT2D eigenvalue weighted by atomic mass is 16.5. The zero-order valence-electron chi connectivity index (χ0n) is 13.3. The number of rotatable bonds is 3. The number of hydrogen-bond acceptors (Lipinski definition) is 3. The third-order valence-electron chi connectivity index (χ3n) is 4.40. The Kier molecular flexibility index (Phi) is 3.38. The molecule has 24 heavy (non-hydrogen) atoms. The highest BCUT2D eigenvalue weighted by molar-refractivity contribution is 6.08. The molecule has 3 aromatic carbocycles. The fraction of sp³-hybridized carbons (Fsp3) is 0.150. The summed E-state index contributed by atoms with van der Waals surface area (Å²) in [5, 5.41) is 12.0. The van der Waals surface area contributed by atoms with Crippen LogP contribution >= 0.6 is 0 Å². The number of phenolic OH excluding ortho intramolecular Hbond substituents is 1. The number of fused-ring (bicyclic) bond motifs is 3. The second-order valence-electron chi connectivity index (χ2n) is 6.04. The summed E-state index contributed by atoms with van der Waals surface area (Å²) in [6.45, 7) is 0.935. The zero-order valence-corrected chi connectivity index (χ0v) is 13.3. The van der Waals surface area contributed by atoms with Crippen molar-refractivity contribution < 1.29 is 14.6 Å². The van der Waals surface area contributed by atoms with Crippen molar-refractivity contribution in [2.24, 2.45) is 0 Å². The zero-order chi connectivity index (χ0) is 16.7. The second kappa shape index (κ2) is 5.57. The van der Waals surface area contributed by atoms with Crippen LogP contribution in [-0.4, -0.2) is 23.0 Å². The molecule has 1 heterocycles. The smallest absolute Gasteiger partial charge is 0.258 e. The lowest BCUT2D eigenvalue weighted by atomic mass is 9.99. The van der Waals surface area contributed by atoms with Crippen LogP contribution in [0, 0.1) is 0 Å². The lowest BCUT2D eigenvalue weighted by molar-refractivity contribution is 0.0814. The van der Waals surface area contributed by atoms with Crippen LogP contribution in [0.4, 0.5) is 0 Å². The van der Waals surface area contributed by atoms with E-state index in [1.54, 1.807) is 18.0 Å². The van der Waals surface area contributed by atoms with Crippen LogP contribution in [0.2, 0.25) is 0 Å². The van der Waals surface area contributed by atoms with Crippen LogP contribution in [0.5, 0.6) is 11.5 Å². The third-order valence-corrected chi connectivity index (χ3v) is 4.40. The first kappa shape index (κ1) is 14.6. The SMILES string of the molecule is CN1Cc2c(c(O)cc3cccc(OCc4ccccc4)c23)C1=O. The number of phenols is 1. The van der Waals surface area contributed by atoms with Gasteiger partial charge in [0, 0.05) is 19.0 Å². The van der Waals surface area contributed by atoms with Gasteiger partial charge in [0.1, 0.15) is 18.1 Å². The Morgan fingerprint density at radius 2 is 1.92 bits per heavy atom. The highest BCUT2D eigenvalue weighted by Crippen LogP contribution is 2.40. The number of carbonyl (C=O) groups is 1. The molecule has 120 valence electrons. The van der Waals surface area contributed by atoms with Crippen molar-refractivity contribution in [3.8, 4) is 11.5 Å². The summed E-state index contributed by atoms with van der Waals surface area (Å²) >= 11 is 0. The maximum atomic E-state index is 12.3. The first-order valence-electron chi connectivity index (χ1n) is 7.85. The van der Waals surface area contributed by atoms with Gasteiger partial charge >= 0.3 is 0 Å². The summed E-state index contributed by atoms with van der Waals surface area (Å²) in [4.78, 5) is 13.9. The Morgan fingerprint density at radius 3 is 2.71 bits per heavy atom. The molecule has 0 fully saturated rings. The van der Waals surface area contributed by atoms with Gasteiger partial charge in [-0.2, -0.15) is 0 Å². The molecule has 0 aromatic heterocycles. The molecule has 0 radical (unpaired) electrons. The first-order valence-corrected chi connectivity index (χ1v) is 7.85. The minimum absolute atomic E-state index is 0.0343. The average Bonchev–Trinajstić information content (AvgIpc) is 2.89. The Labute approximate surface area is 139 Å². The fourth-order valence-electron chi connectivity index (χ4n) is 3.24. The molecule has 4 nitrogen and oxygen atoms in total. The number of amides is 1. The van der Waals surface area contributed by atoms with Crippen molar-refractivity contribution >= 4 is 16.7 Å². The van der Waals surface area contributed by atoms with Crippen molar-refractivity contribution in [2.75, 3.05) is 7.05 Å². The summed E-state index contributed by atoms with van der Waals surface area (Å²) in [5.74, 6) is 0.616. The summed E-state index contributed by atoms with van der Waals surface area (Å²) in [5.41, 5.74) is 2.31. The summed E-state index contributed by atoms with van der Waals surface area (Å²) in [6, 6.07) is 17.3. The van der Waals surface area contributed by atoms with Crippen LogP contribution in [-0.2, 0) is 13.2 Å². The maximum Gasteiger partial charge on any atom is 0.258 e. The first-order chi connectivity index (χ1) is 11.6. The molecule has 1 N–H and O–H groups in total. The minimum atomic E-state index is -0.151. The van der Waals surface area contributed by atoms with Crippen LogP contribution in [0.1, 0.15) is 21.5 Å². The molecule has 0 atom stereocenters. The predicted octanol–water partition coefficient (Wildman–Crippen LogP) is 3.71. The van der Waals surface area contributed by atoms with E-state index in [1.165, 1.54) is 0 Å². The fourth-order valence-corrected chi connectivity index (χ4v) is 3.24. The molecule has 0 unspecified atom stereocenters. The van der Waals surface area contributed by atoms with Gasteiger partial charge in [-0.25, -0.2) is 0 Å².